The summed E-state index contributed by atoms with van der Waals surface area (Å²) in [5.74, 6) is 0.109. The van der Waals surface area contributed by atoms with Crippen LogP contribution in [0.5, 0.6) is 0 Å². The van der Waals surface area contributed by atoms with Gasteiger partial charge in [-0.25, -0.2) is 0 Å². The van der Waals surface area contributed by atoms with E-state index < -0.39 is 0 Å². The molecule has 0 bridgehead atoms. The minimum Gasteiger partial charge on any atom is -0.330 e. The first-order valence-electron chi connectivity index (χ1n) is 7.84. The predicted octanol–water partition coefficient (Wildman–Crippen LogP) is 2.70. The van der Waals surface area contributed by atoms with Crippen molar-refractivity contribution in [3.63, 3.8) is 0 Å². The van der Waals surface area contributed by atoms with Crippen molar-refractivity contribution < 1.29 is 4.79 Å². The Hall–Kier alpha value is -1.39. The quantitative estimate of drug-likeness (QED) is 0.774. The number of nitrogens with two attached hydrogens (primary N) is 1. The van der Waals surface area contributed by atoms with Gasteiger partial charge in [0.2, 0.25) is 5.91 Å². The van der Waals surface area contributed by atoms with E-state index in [9.17, 15) is 4.79 Å². The van der Waals surface area contributed by atoms with E-state index in [1.807, 2.05) is 32.0 Å². The van der Waals surface area contributed by atoms with Gasteiger partial charge in [-0.2, -0.15) is 0 Å². The lowest BCUT2D eigenvalue weighted by Crippen LogP contribution is -2.33. The van der Waals surface area contributed by atoms with Crippen molar-refractivity contribution in [1.29, 1.82) is 0 Å². The van der Waals surface area contributed by atoms with Gasteiger partial charge in [0.15, 0.2) is 0 Å². The van der Waals surface area contributed by atoms with Crippen LogP contribution < -0.4 is 11.1 Å². The Kier molecular flexibility index (Phi) is 7.40. The Morgan fingerprint density at radius 3 is 2.48 bits per heavy atom. The number of hydrogen-bond acceptors (Lipinski definition) is 3. The molecule has 0 saturated carbocycles. The Morgan fingerprint density at radius 2 is 1.95 bits per heavy atom. The molecule has 0 spiro atoms. The van der Waals surface area contributed by atoms with E-state index in [1.54, 1.807) is 0 Å². The Bertz CT molecular complexity index is 441. The van der Waals surface area contributed by atoms with Gasteiger partial charge >= 0.3 is 0 Å². The molecule has 1 amide bonds. The average Bonchev–Trinajstić information content (AvgIpc) is 2.45. The average molecular weight is 291 g/mol. The third-order valence-electron chi connectivity index (χ3n) is 3.89. The van der Waals surface area contributed by atoms with Gasteiger partial charge in [0, 0.05) is 18.8 Å². The number of benzene rings is 1. The van der Waals surface area contributed by atoms with Gasteiger partial charge < -0.3 is 11.1 Å². The SMILES string of the molecule is CCN(CC)Cc1cccc(NC(=O)C(CN)C(C)C)c1. The van der Waals surface area contributed by atoms with Crippen molar-refractivity contribution in [2.24, 2.45) is 17.6 Å². The van der Waals surface area contributed by atoms with Crippen LogP contribution in [0.25, 0.3) is 0 Å². The number of anilines is 1. The van der Waals surface area contributed by atoms with Crippen LogP contribution in [-0.4, -0.2) is 30.4 Å². The molecule has 0 aromatic heterocycles. The van der Waals surface area contributed by atoms with E-state index in [4.69, 9.17) is 5.73 Å². The fourth-order valence-electron chi connectivity index (χ4n) is 2.37. The van der Waals surface area contributed by atoms with E-state index in [0.29, 0.717) is 6.54 Å². The predicted molar refractivity (Wildman–Crippen MR) is 89.1 cm³/mol. The Labute approximate surface area is 128 Å². The van der Waals surface area contributed by atoms with E-state index >= 15 is 0 Å². The van der Waals surface area contributed by atoms with Gasteiger partial charge in [-0.15, -0.1) is 0 Å². The number of carbonyl (C=O) groups is 1. The lowest BCUT2D eigenvalue weighted by Gasteiger charge is -2.20. The Balaban J connectivity index is 2.74. The highest BCUT2D eigenvalue weighted by Gasteiger charge is 2.20. The topological polar surface area (TPSA) is 58.4 Å². The molecule has 3 N–H and O–H groups in total. The molecule has 1 aromatic carbocycles. The Morgan fingerprint density at radius 1 is 1.29 bits per heavy atom. The molecule has 1 aromatic rings. The van der Waals surface area contributed by atoms with E-state index in [0.717, 1.165) is 25.3 Å². The molecule has 0 aliphatic carbocycles. The molecule has 21 heavy (non-hydrogen) atoms. The van der Waals surface area contributed by atoms with Crippen molar-refractivity contribution in [2.45, 2.75) is 34.2 Å². The summed E-state index contributed by atoms with van der Waals surface area (Å²) in [5.41, 5.74) is 7.76. The molecule has 1 atom stereocenters. The van der Waals surface area contributed by atoms with Crippen molar-refractivity contribution in [2.75, 3.05) is 25.0 Å². The van der Waals surface area contributed by atoms with E-state index in [-0.39, 0.29) is 17.7 Å². The van der Waals surface area contributed by atoms with Gasteiger partial charge in [-0.3, -0.25) is 9.69 Å². The van der Waals surface area contributed by atoms with Crippen molar-refractivity contribution in [3.8, 4) is 0 Å². The van der Waals surface area contributed by atoms with Gasteiger partial charge in [0.1, 0.15) is 0 Å². The minimum absolute atomic E-state index is 0.00693. The zero-order valence-corrected chi connectivity index (χ0v) is 13.7. The zero-order chi connectivity index (χ0) is 15.8. The standard InChI is InChI=1S/C17H29N3O/c1-5-20(6-2)12-14-8-7-9-15(10-14)19-17(21)16(11-18)13(3)4/h7-10,13,16H,5-6,11-12,18H2,1-4H3,(H,19,21). The van der Waals surface area contributed by atoms with Gasteiger partial charge in [-0.05, 0) is 36.7 Å². The van der Waals surface area contributed by atoms with Gasteiger partial charge in [0.25, 0.3) is 0 Å². The molecule has 0 aliphatic heterocycles. The molecule has 0 radical (unpaired) electrons. The first-order valence-corrected chi connectivity index (χ1v) is 7.84. The van der Waals surface area contributed by atoms with Crippen molar-refractivity contribution in [3.05, 3.63) is 29.8 Å². The molecular weight excluding hydrogens is 262 g/mol. The number of nitrogens with one attached hydrogen (secondary N) is 1. The molecule has 4 heteroatoms. The molecule has 1 unspecified atom stereocenters. The van der Waals surface area contributed by atoms with Crippen LogP contribution in [0.15, 0.2) is 24.3 Å². The number of rotatable bonds is 8. The second-order valence-electron chi connectivity index (χ2n) is 5.74. The maximum atomic E-state index is 12.2. The maximum absolute atomic E-state index is 12.2. The molecule has 0 fully saturated rings. The smallest absolute Gasteiger partial charge is 0.229 e. The molecule has 4 nitrogen and oxygen atoms in total. The number of nitrogens with zero attached hydrogens (tertiary/aromatic N) is 1. The summed E-state index contributed by atoms with van der Waals surface area (Å²) in [6.07, 6.45) is 0. The van der Waals surface area contributed by atoms with Crippen LogP contribution in [0.3, 0.4) is 0 Å². The minimum atomic E-state index is -0.142. The molecule has 0 aliphatic rings. The molecular formula is C17H29N3O. The highest BCUT2D eigenvalue weighted by atomic mass is 16.1. The monoisotopic (exact) mass is 291 g/mol. The zero-order valence-electron chi connectivity index (χ0n) is 13.7. The van der Waals surface area contributed by atoms with Crippen LogP contribution in [0.2, 0.25) is 0 Å². The highest BCUT2D eigenvalue weighted by Crippen LogP contribution is 2.16. The summed E-state index contributed by atoms with van der Waals surface area (Å²) in [6.45, 7) is 11.7. The third kappa shape index (κ3) is 5.48. The number of hydrogen-bond donors (Lipinski definition) is 2. The largest absolute Gasteiger partial charge is 0.330 e. The first-order chi connectivity index (χ1) is 10.0. The lowest BCUT2D eigenvalue weighted by atomic mass is 9.95. The second kappa shape index (κ2) is 8.80. The first kappa shape index (κ1) is 17.7. The van der Waals surface area contributed by atoms with Crippen LogP contribution in [0.1, 0.15) is 33.3 Å². The highest BCUT2D eigenvalue weighted by molar-refractivity contribution is 5.92. The second-order valence-corrected chi connectivity index (χ2v) is 5.74. The fraction of sp³-hybridized carbons (Fsp3) is 0.588. The van der Waals surface area contributed by atoms with E-state index in [1.165, 1.54) is 5.56 Å². The van der Waals surface area contributed by atoms with Crippen molar-refractivity contribution in [1.82, 2.24) is 4.90 Å². The van der Waals surface area contributed by atoms with Crippen LogP contribution in [0, 0.1) is 11.8 Å². The third-order valence-corrected chi connectivity index (χ3v) is 3.89. The molecule has 0 saturated heterocycles. The normalized spacial score (nSPS) is 12.7. The van der Waals surface area contributed by atoms with Crippen LogP contribution >= 0.6 is 0 Å². The summed E-state index contributed by atoms with van der Waals surface area (Å²) in [4.78, 5) is 14.6. The molecule has 118 valence electrons. The van der Waals surface area contributed by atoms with Crippen LogP contribution in [0.4, 0.5) is 5.69 Å². The number of amides is 1. The number of carbonyl (C=O) groups excluding carboxylic acids is 1. The lowest BCUT2D eigenvalue weighted by molar-refractivity contribution is -0.120. The summed E-state index contributed by atoms with van der Waals surface area (Å²) >= 11 is 0. The molecule has 0 heterocycles. The summed E-state index contributed by atoms with van der Waals surface area (Å²) < 4.78 is 0. The molecule has 1 rings (SSSR count). The van der Waals surface area contributed by atoms with Crippen LogP contribution in [-0.2, 0) is 11.3 Å². The van der Waals surface area contributed by atoms with Gasteiger partial charge in [-0.1, -0.05) is 39.8 Å². The fourth-order valence-corrected chi connectivity index (χ4v) is 2.37. The van der Waals surface area contributed by atoms with Crippen molar-refractivity contribution >= 4 is 11.6 Å². The summed E-state index contributed by atoms with van der Waals surface area (Å²) in [5, 5.41) is 2.99. The van der Waals surface area contributed by atoms with Gasteiger partial charge in [0.05, 0.1) is 5.92 Å². The van der Waals surface area contributed by atoms with E-state index in [2.05, 4.69) is 30.1 Å². The summed E-state index contributed by atoms with van der Waals surface area (Å²) in [7, 11) is 0. The summed E-state index contributed by atoms with van der Waals surface area (Å²) in [6, 6.07) is 8.06. The maximum Gasteiger partial charge on any atom is 0.229 e.